The standard InChI is InChI=1S/C20H19ClN4O2/c1-13-17(18(21)25(24-13)12-14-6-4-3-5-7-14)20(27)23-16-10-8-15(9-11-16)19(26)22-2/h3-11H,12H2,1-2H3,(H,22,26)(H,23,27). The number of carbonyl (C=O) groups is 2. The minimum atomic E-state index is -0.343. The van der Waals surface area contributed by atoms with Crippen LogP contribution in [0.25, 0.3) is 0 Å². The van der Waals surface area contributed by atoms with Gasteiger partial charge in [-0.3, -0.25) is 9.59 Å². The molecule has 0 radical (unpaired) electrons. The number of hydrogen-bond acceptors (Lipinski definition) is 3. The number of carbonyl (C=O) groups excluding carboxylic acids is 2. The topological polar surface area (TPSA) is 76.0 Å². The second-order valence-electron chi connectivity index (χ2n) is 6.01. The zero-order valence-electron chi connectivity index (χ0n) is 15.0. The summed E-state index contributed by atoms with van der Waals surface area (Å²) in [6.45, 7) is 2.23. The van der Waals surface area contributed by atoms with Crippen LogP contribution in [0.2, 0.25) is 5.15 Å². The van der Waals surface area contributed by atoms with Crippen LogP contribution in [-0.4, -0.2) is 28.6 Å². The number of rotatable bonds is 5. The van der Waals surface area contributed by atoms with Gasteiger partial charge in [-0.1, -0.05) is 41.9 Å². The molecule has 3 rings (SSSR count). The summed E-state index contributed by atoms with van der Waals surface area (Å²) >= 11 is 6.41. The first-order chi connectivity index (χ1) is 13.0. The maximum atomic E-state index is 12.7. The van der Waals surface area contributed by atoms with Crippen molar-refractivity contribution in [3.8, 4) is 0 Å². The maximum absolute atomic E-state index is 12.7. The van der Waals surface area contributed by atoms with Crippen LogP contribution in [0.4, 0.5) is 5.69 Å². The van der Waals surface area contributed by atoms with Gasteiger partial charge in [-0.25, -0.2) is 4.68 Å². The summed E-state index contributed by atoms with van der Waals surface area (Å²) < 4.78 is 1.61. The molecule has 7 heteroatoms. The van der Waals surface area contributed by atoms with Gasteiger partial charge in [0, 0.05) is 18.3 Å². The molecule has 3 aromatic rings. The molecule has 0 saturated carbocycles. The number of nitrogens with one attached hydrogen (secondary N) is 2. The van der Waals surface area contributed by atoms with Gasteiger partial charge in [0.1, 0.15) is 5.15 Å². The number of halogens is 1. The van der Waals surface area contributed by atoms with Crippen LogP contribution in [0.1, 0.15) is 32.0 Å². The Kier molecular flexibility index (Phi) is 5.57. The van der Waals surface area contributed by atoms with Gasteiger partial charge >= 0.3 is 0 Å². The summed E-state index contributed by atoms with van der Waals surface area (Å²) in [5, 5.41) is 10.0. The van der Waals surface area contributed by atoms with Crippen molar-refractivity contribution >= 4 is 29.1 Å². The van der Waals surface area contributed by atoms with Gasteiger partial charge in [-0.2, -0.15) is 5.10 Å². The third-order valence-electron chi connectivity index (χ3n) is 4.10. The van der Waals surface area contributed by atoms with E-state index in [9.17, 15) is 9.59 Å². The highest BCUT2D eigenvalue weighted by molar-refractivity contribution is 6.33. The Morgan fingerprint density at radius 3 is 2.33 bits per heavy atom. The van der Waals surface area contributed by atoms with Gasteiger partial charge in [0.2, 0.25) is 0 Å². The van der Waals surface area contributed by atoms with Gasteiger partial charge in [0.15, 0.2) is 0 Å². The summed E-state index contributed by atoms with van der Waals surface area (Å²) in [7, 11) is 1.57. The van der Waals surface area contributed by atoms with Crippen LogP contribution in [0.5, 0.6) is 0 Å². The molecule has 2 aromatic carbocycles. The zero-order chi connectivity index (χ0) is 19.4. The van der Waals surface area contributed by atoms with E-state index < -0.39 is 0 Å². The Morgan fingerprint density at radius 1 is 1.04 bits per heavy atom. The molecule has 0 aliphatic heterocycles. The van der Waals surface area contributed by atoms with Crippen LogP contribution in [0.15, 0.2) is 54.6 Å². The first-order valence-electron chi connectivity index (χ1n) is 8.40. The van der Waals surface area contributed by atoms with Crippen molar-refractivity contribution in [1.29, 1.82) is 0 Å². The number of aryl methyl sites for hydroxylation is 1. The van der Waals surface area contributed by atoms with Crippen molar-refractivity contribution in [2.24, 2.45) is 0 Å². The number of aromatic nitrogens is 2. The van der Waals surface area contributed by atoms with Crippen molar-refractivity contribution in [1.82, 2.24) is 15.1 Å². The molecule has 0 atom stereocenters. The minimum absolute atomic E-state index is 0.186. The Morgan fingerprint density at radius 2 is 1.70 bits per heavy atom. The zero-order valence-corrected chi connectivity index (χ0v) is 15.7. The number of anilines is 1. The van der Waals surface area contributed by atoms with Crippen molar-refractivity contribution in [3.63, 3.8) is 0 Å². The lowest BCUT2D eigenvalue weighted by Gasteiger charge is -2.07. The van der Waals surface area contributed by atoms with E-state index in [0.29, 0.717) is 29.1 Å². The Labute approximate surface area is 162 Å². The SMILES string of the molecule is CNC(=O)c1ccc(NC(=O)c2c(C)nn(Cc3ccccc3)c2Cl)cc1. The number of amides is 2. The Bertz CT molecular complexity index is 966. The van der Waals surface area contributed by atoms with Crippen molar-refractivity contribution in [2.45, 2.75) is 13.5 Å². The molecule has 2 N–H and O–H groups in total. The highest BCUT2D eigenvalue weighted by Crippen LogP contribution is 2.22. The van der Waals surface area contributed by atoms with E-state index in [-0.39, 0.29) is 17.0 Å². The van der Waals surface area contributed by atoms with E-state index in [1.807, 2.05) is 30.3 Å². The van der Waals surface area contributed by atoms with Crippen molar-refractivity contribution in [2.75, 3.05) is 12.4 Å². The van der Waals surface area contributed by atoms with Gasteiger partial charge < -0.3 is 10.6 Å². The lowest BCUT2D eigenvalue weighted by Crippen LogP contribution is -2.18. The van der Waals surface area contributed by atoms with Crippen molar-refractivity contribution < 1.29 is 9.59 Å². The fraction of sp³-hybridized carbons (Fsp3) is 0.150. The van der Waals surface area contributed by atoms with Gasteiger partial charge in [0.25, 0.3) is 11.8 Å². The largest absolute Gasteiger partial charge is 0.355 e. The second kappa shape index (κ2) is 8.05. The molecule has 0 aliphatic rings. The Hall–Kier alpha value is -3.12. The molecule has 0 aliphatic carbocycles. The van der Waals surface area contributed by atoms with Crippen LogP contribution in [0.3, 0.4) is 0 Å². The van der Waals surface area contributed by atoms with E-state index in [4.69, 9.17) is 11.6 Å². The summed E-state index contributed by atoms with van der Waals surface area (Å²) in [4.78, 5) is 24.3. The van der Waals surface area contributed by atoms with E-state index in [1.54, 1.807) is 42.9 Å². The van der Waals surface area contributed by atoms with Crippen molar-refractivity contribution in [3.05, 3.63) is 82.1 Å². The molecule has 138 valence electrons. The summed E-state index contributed by atoms with van der Waals surface area (Å²) in [6.07, 6.45) is 0. The third kappa shape index (κ3) is 4.17. The van der Waals surface area contributed by atoms with E-state index in [1.165, 1.54) is 0 Å². The Balaban J connectivity index is 1.78. The molecule has 0 saturated heterocycles. The predicted octanol–water partition coefficient (Wildman–Crippen LogP) is 3.51. The molecule has 0 bridgehead atoms. The average molecular weight is 383 g/mol. The molecule has 0 fully saturated rings. The summed E-state index contributed by atoms with van der Waals surface area (Å²) in [5.74, 6) is -0.529. The van der Waals surface area contributed by atoms with E-state index >= 15 is 0 Å². The minimum Gasteiger partial charge on any atom is -0.355 e. The van der Waals surface area contributed by atoms with Crippen LogP contribution < -0.4 is 10.6 Å². The van der Waals surface area contributed by atoms with E-state index in [0.717, 1.165) is 5.56 Å². The van der Waals surface area contributed by atoms with Crippen LogP contribution in [0, 0.1) is 6.92 Å². The molecule has 1 heterocycles. The quantitative estimate of drug-likeness (QED) is 0.709. The number of hydrogen-bond donors (Lipinski definition) is 2. The maximum Gasteiger partial charge on any atom is 0.260 e. The first-order valence-corrected chi connectivity index (χ1v) is 8.77. The highest BCUT2D eigenvalue weighted by Gasteiger charge is 2.20. The number of benzene rings is 2. The molecule has 0 spiro atoms. The highest BCUT2D eigenvalue weighted by atomic mass is 35.5. The predicted molar refractivity (Wildman–Crippen MR) is 105 cm³/mol. The molecule has 6 nitrogen and oxygen atoms in total. The normalized spacial score (nSPS) is 10.5. The molecular formula is C20H19ClN4O2. The molecule has 0 unspecified atom stereocenters. The molecule has 27 heavy (non-hydrogen) atoms. The van der Waals surface area contributed by atoms with Gasteiger partial charge in [-0.05, 0) is 36.8 Å². The fourth-order valence-corrected chi connectivity index (χ4v) is 3.04. The fourth-order valence-electron chi connectivity index (χ4n) is 2.72. The summed E-state index contributed by atoms with van der Waals surface area (Å²) in [5.41, 5.74) is 3.01. The molecule has 2 amide bonds. The monoisotopic (exact) mass is 382 g/mol. The molecular weight excluding hydrogens is 364 g/mol. The third-order valence-corrected chi connectivity index (χ3v) is 4.48. The first kappa shape index (κ1) is 18.7. The number of nitrogens with zero attached hydrogens (tertiary/aromatic N) is 2. The smallest absolute Gasteiger partial charge is 0.260 e. The lowest BCUT2D eigenvalue weighted by atomic mass is 10.2. The summed E-state index contributed by atoms with van der Waals surface area (Å²) in [6, 6.07) is 16.4. The average Bonchev–Trinajstić information content (AvgIpc) is 2.95. The molecule has 1 aromatic heterocycles. The van der Waals surface area contributed by atoms with Gasteiger partial charge in [0.05, 0.1) is 17.8 Å². The van der Waals surface area contributed by atoms with Crippen LogP contribution in [-0.2, 0) is 6.54 Å². The van der Waals surface area contributed by atoms with E-state index in [2.05, 4.69) is 15.7 Å². The van der Waals surface area contributed by atoms with Crippen LogP contribution >= 0.6 is 11.6 Å². The van der Waals surface area contributed by atoms with Gasteiger partial charge in [-0.15, -0.1) is 0 Å². The lowest BCUT2D eigenvalue weighted by molar-refractivity contribution is 0.0962. The second-order valence-corrected chi connectivity index (χ2v) is 6.36.